The minimum Gasteiger partial charge on any atom is -0.308 e. The van der Waals surface area contributed by atoms with Crippen molar-refractivity contribution in [3.63, 3.8) is 0 Å². The Labute approximate surface area is 308 Å². The molecule has 0 radical (unpaired) electrons. The van der Waals surface area contributed by atoms with E-state index in [1.807, 2.05) is 11.3 Å². The number of nitrogens with zero attached hydrogens (tertiary/aromatic N) is 1. The van der Waals surface area contributed by atoms with Crippen LogP contribution in [0.1, 0.15) is 36.3 Å². The number of rotatable bonds is 6. The summed E-state index contributed by atoms with van der Waals surface area (Å²) in [5.41, 5.74) is 9.99. The Morgan fingerprint density at radius 3 is 2.13 bits per heavy atom. The Morgan fingerprint density at radius 1 is 0.577 bits per heavy atom. The van der Waals surface area contributed by atoms with Crippen molar-refractivity contribution in [2.24, 2.45) is 0 Å². The summed E-state index contributed by atoms with van der Waals surface area (Å²) in [5, 5.41) is 7.64. The zero-order chi connectivity index (χ0) is 34.4. The summed E-state index contributed by atoms with van der Waals surface area (Å²) in [7, 11) is 0. The zero-order valence-electron chi connectivity index (χ0n) is 28.9. The number of fused-ring (bicyclic) bond motifs is 5. The van der Waals surface area contributed by atoms with Crippen LogP contribution >= 0.6 is 11.3 Å². The first-order chi connectivity index (χ1) is 25.8. The highest BCUT2D eigenvalue weighted by molar-refractivity contribution is 7.26. The van der Waals surface area contributed by atoms with Gasteiger partial charge in [-0.2, -0.15) is 0 Å². The van der Waals surface area contributed by atoms with Crippen LogP contribution in [0.3, 0.4) is 0 Å². The molecular weight excluding hydrogens is 647 g/mol. The topological polar surface area (TPSA) is 3.24 Å². The Morgan fingerprint density at radius 2 is 1.35 bits per heavy atom. The van der Waals surface area contributed by atoms with Gasteiger partial charge in [0.05, 0.1) is 10.4 Å². The fourth-order valence-electron chi connectivity index (χ4n) is 8.16. The molecule has 1 atom stereocenters. The van der Waals surface area contributed by atoms with E-state index < -0.39 is 0 Å². The number of allylic oxidation sites excluding steroid dienone is 8. The van der Waals surface area contributed by atoms with Crippen LogP contribution in [0.25, 0.3) is 58.4 Å². The van der Waals surface area contributed by atoms with Crippen molar-refractivity contribution in [1.29, 1.82) is 0 Å². The molecule has 2 aliphatic rings. The molecule has 52 heavy (non-hydrogen) atoms. The summed E-state index contributed by atoms with van der Waals surface area (Å²) >= 11 is 1.91. The summed E-state index contributed by atoms with van der Waals surface area (Å²) < 4.78 is 2.60. The van der Waals surface area contributed by atoms with Crippen LogP contribution in [-0.4, -0.2) is 0 Å². The first-order valence-corrected chi connectivity index (χ1v) is 19.2. The van der Waals surface area contributed by atoms with Crippen molar-refractivity contribution in [1.82, 2.24) is 0 Å². The molecule has 8 aromatic rings. The Kier molecular flexibility index (Phi) is 7.70. The number of thiophene rings is 1. The summed E-state index contributed by atoms with van der Waals surface area (Å²) in [6.45, 7) is 0. The lowest BCUT2D eigenvalue weighted by Crippen LogP contribution is -2.11. The quantitative estimate of drug-likeness (QED) is 0.169. The maximum atomic E-state index is 2.50. The fraction of sp³-hybridized carbons (Fsp3) is 0.0800. The Hall–Kier alpha value is -5.96. The largest absolute Gasteiger partial charge is 0.308 e. The van der Waals surface area contributed by atoms with Gasteiger partial charge < -0.3 is 4.90 Å². The van der Waals surface area contributed by atoms with Gasteiger partial charge in [-0.25, -0.2) is 0 Å². The molecule has 1 heterocycles. The fourth-order valence-corrected chi connectivity index (χ4v) is 9.42. The monoisotopic (exact) mass is 683 g/mol. The minimum atomic E-state index is 0.406. The molecule has 0 fully saturated rings. The number of hydrogen-bond donors (Lipinski definition) is 0. The van der Waals surface area contributed by atoms with Crippen molar-refractivity contribution in [3.8, 4) is 11.1 Å². The molecule has 0 aliphatic heterocycles. The van der Waals surface area contributed by atoms with Gasteiger partial charge in [0, 0.05) is 38.2 Å². The molecule has 0 saturated heterocycles. The lowest BCUT2D eigenvalue weighted by atomic mass is 9.92. The first-order valence-electron chi connectivity index (χ1n) is 18.4. The van der Waals surface area contributed by atoms with Crippen molar-refractivity contribution in [2.75, 3.05) is 4.90 Å². The molecule has 1 unspecified atom stereocenters. The predicted octanol–water partition coefficient (Wildman–Crippen LogP) is 14.8. The van der Waals surface area contributed by atoms with Gasteiger partial charge in [0.1, 0.15) is 0 Å². The predicted molar refractivity (Wildman–Crippen MR) is 226 cm³/mol. The van der Waals surface area contributed by atoms with Gasteiger partial charge in [0.2, 0.25) is 0 Å². The third-order valence-corrected chi connectivity index (χ3v) is 12.0. The van der Waals surface area contributed by atoms with Crippen LogP contribution in [0.15, 0.2) is 182 Å². The molecule has 2 heteroatoms. The van der Waals surface area contributed by atoms with Crippen LogP contribution in [0.4, 0.5) is 17.1 Å². The normalized spacial score (nSPS) is 15.5. The highest BCUT2D eigenvalue weighted by Gasteiger charge is 2.23. The van der Waals surface area contributed by atoms with Crippen molar-refractivity contribution >= 4 is 75.7 Å². The smallest absolute Gasteiger partial charge is 0.0718 e. The third-order valence-electron chi connectivity index (χ3n) is 10.8. The van der Waals surface area contributed by atoms with Gasteiger partial charge in [0.15, 0.2) is 0 Å². The molecule has 1 aromatic heterocycles. The Balaban J connectivity index is 1.21. The van der Waals surface area contributed by atoms with Gasteiger partial charge in [0.25, 0.3) is 0 Å². The molecule has 0 bridgehead atoms. The van der Waals surface area contributed by atoms with E-state index in [2.05, 4.69) is 187 Å². The standard InChI is InChI=1S/C50H37NS/c1-3-12-34(13-4-1)37-24-28-42(29-25-37)51(43-30-26-38(27-31-43)35-14-5-2-6-15-35)49-45-19-10-9-18-40(45)33-46-48-44(20-11-21-47(48)52-50(46)49)41-23-22-36-16-7-8-17-39(36)32-41/h1,3-5,7-12,14-34H,2,6,13H2. The molecular formula is C50H37NS. The van der Waals surface area contributed by atoms with E-state index in [1.54, 1.807) is 0 Å². The molecule has 1 nitrogen and oxygen atoms in total. The van der Waals surface area contributed by atoms with Gasteiger partial charge in [-0.15, -0.1) is 11.3 Å². The second-order valence-corrected chi connectivity index (χ2v) is 15.0. The second kappa shape index (κ2) is 13.0. The average Bonchev–Trinajstić information content (AvgIpc) is 3.60. The van der Waals surface area contributed by atoms with Crippen molar-refractivity contribution < 1.29 is 0 Å². The zero-order valence-corrected chi connectivity index (χ0v) is 29.7. The minimum absolute atomic E-state index is 0.406. The third kappa shape index (κ3) is 5.39. The van der Waals surface area contributed by atoms with Crippen LogP contribution in [0.2, 0.25) is 0 Å². The highest BCUT2D eigenvalue weighted by atomic mass is 32.1. The van der Waals surface area contributed by atoms with Crippen LogP contribution in [0.5, 0.6) is 0 Å². The SMILES string of the molecule is C1=CCC(c2ccc(N(c3ccc(C4=CCCC=C4)cc3)c3c4ccccc4cc4c3sc3cccc(-c5ccc6ccccc6c5)c34)cc2)C=C1. The van der Waals surface area contributed by atoms with E-state index in [9.17, 15) is 0 Å². The maximum absolute atomic E-state index is 2.50. The van der Waals surface area contributed by atoms with Crippen molar-refractivity contribution in [3.05, 3.63) is 193 Å². The van der Waals surface area contributed by atoms with Crippen LogP contribution in [-0.2, 0) is 0 Å². The van der Waals surface area contributed by atoms with E-state index in [0.29, 0.717) is 5.92 Å². The van der Waals surface area contributed by atoms with E-state index in [1.165, 1.54) is 75.2 Å². The van der Waals surface area contributed by atoms with Gasteiger partial charge >= 0.3 is 0 Å². The first kappa shape index (κ1) is 30.8. The molecule has 0 saturated carbocycles. The molecule has 0 N–H and O–H groups in total. The second-order valence-electron chi connectivity index (χ2n) is 13.9. The molecule has 10 rings (SSSR count). The van der Waals surface area contributed by atoms with E-state index in [-0.39, 0.29) is 0 Å². The summed E-state index contributed by atoms with van der Waals surface area (Å²) in [5.74, 6) is 0.406. The van der Waals surface area contributed by atoms with Gasteiger partial charge in [-0.1, -0.05) is 140 Å². The van der Waals surface area contributed by atoms with E-state index in [4.69, 9.17) is 0 Å². The van der Waals surface area contributed by atoms with Crippen molar-refractivity contribution in [2.45, 2.75) is 25.2 Å². The molecule has 2 aliphatic carbocycles. The summed E-state index contributed by atoms with van der Waals surface area (Å²) in [6, 6.07) is 52.2. The van der Waals surface area contributed by atoms with Crippen LogP contribution in [0, 0.1) is 0 Å². The van der Waals surface area contributed by atoms with Gasteiger partial charge in [-0.05, 0) is 106 Å². The lowest BCUT2D eigenvalue weighted by Gasteiger charge is -2.28. The van der Waals surface area contributed by atoms with Crippen LogP contribution < -0.4 is 4.90 Å². The molecule has 0 amide bonds. The highest BCUT2D eigenvalue weighted by Crippen LogP contribution is 2.50. The number of hydrogen-bond acceptors (Lipinski definition) is 2. The summed E-state index contributed by atoms with van der Waals surface area (Å²) in [4.78, 5) is 2.50. The van der Waals surface area contributed by atoms with E-state index in [0.717, 1.165) is 30.6 Å². The Bertz CT molecular complexity index is 2760. The molecule has 0 spiro atoms. The van der Waals surface area contributed by atoms with E-state index >= 15 is 0 Å². The average molecular weight is 684 g/mol. The lowest BCUT2D eigenvalue weighted by molar-refractivity contribution is 0.854. The molecule has 248 valence electrons. The molecule has 7 aromatic carbocycles. The number of benzene rings is 7. The maximum Gasteiger partial charge on any atom is 0.0718 e. The van der Waals surface area contributed by atoms with Gasteiger partial charge in [-0.3, -0.25) is 0 Å². The summed E-state index contributed by atoms with van der Waals surface area (Å²) in [6.07, 6.45) is 19.1. The number of anilines is 3.